The quantitative estimate of drug-likeness (QED) is 0.365. The van der Waals surface area contributed by atoms with Gasteiger partial charge in [-0.2, -0.15) is 0 Å². The summed E-state index contributed by atoms with van der Waals surface area (Å²) in [6.07, 6.45) is 0. The van der Waals surface area contributed by atoms with Crippen molar-refractivity contribution in [2.24, 2.45) is 0 Å². The van der Waals surface area contributed by atoms with Crippen LogP contribution in [0.2, 0.25) is 0 Å². The molecule has 0 rings (SSSR count). The number of halogens is 4. The van der Waals surface area contributed by atoms with Crippen LogP contribution in [0.25, 0.3) is 0 Å². The molecule has 0 nitrogen and oxygen atoms in total. The molecule has 0 bridgehead atoms. The second kappa shape index (κ2) is 9.21. The first-order chi connectivity index (χ1) is 2.00. The molecule has 0 amide bonds. The summed E-state index contributed by atoms with van der Waals surface area (Å²) in [7, 11) is 20.0. The van der Waals surface area contributed by atoms with E-state index in [-0.39, 0.29) is 103 Å². The van der Waals surface area contributed by atoms with Crippen LogP contribution < -0.4 is 103 Å². The predicted molar refractivity (Wildman–Crippen MR) is 23.4 cm³/mol. The molecular formula is Cl4K2Pt+2. The molecule has 7 heteroatoms. The Morgan fingerprint density at radius 1 is 0.714 bits per heavy atom. The molecule has 0 aromatic carbocycles. The summed E-state index contributed by atoms with van der Waals surface area (Å²) in [6, 6.07) is 0. The summed E-state index contributed by atoms with van der Waals surface area (Å²) in [5.41, 5.74) is 0. The maximum Gasteiger partial charge on any atom is 1.00 e. The number of hydrogen-bond acceptors (Lipinski definition) is 0. The average Bonchev–Trinajstić information content (AvgIpc) is 0.722. The Morgan fingerprint density at radius 3 is 0.714 bits per heavy atom. The Bertz CT molecular complexity index is 25.2. The fourth-order valence-corrected chi connectivity index (χ4v) is 0. The largest absolute Gasteiger partial charge is 1.00 e. The van der Waals surface area contributed by atoms with E-state index >= 15 is 0 Å². The van der Waals surface area contributed by atoms with E-state index in [1.54, 1.807) is 0 Å². The molecule has 0 N–H and O–H groups in total. The van der Waals surface area contributed by atoms with Gasteiger partial charge in [0.25, 0.3) is 0 Å². The average molecular weight is 415 g/mol. The van der Waals surface area contributed by atoms with E-state index in [0.717, 1.165) is 0 Å². The summed E-state index contributed by atoms with van der Waals surface area (Å²) < 4.78 is 0. The van der Waals surface area contributed by atoms with E-state index < -0.39 is 11.9 Å². The third kappa shape index (κ3) is 35.3. The zero-order chi connectivity index (χ0) is 4.50. The van der Waals surface area contributed by atoms with E-state index in [4.69, 9.17) is 37.7 Å². The molecule has 0 saturated heterocycles. The van der Waals surface area contributed by atoms with Crippen LogP contribution in [0.3, 0.4) is 0 Å². The zero-order valence-electron chi connectivity index (χ0n) is 3.83. The van der Waals surface area contributed by atoms with Gasteiger partial charge >= 0.3 is 152 Å². The van der Waals surface area contributed by atoms with Crippen LogP contribution in [0, 0.1) is 0 Å². The fraction of sp³-hybridized carbons (Fsp3) is 0. The zero-order valence-corrected chi connectivity index (χ0v) is 15.4. The Balaban J connectivity index is -0.0000000800. The monoisotopic (exact) mass is 413 g/mol. The first-order valence-corrected chi connectivity index (χ1v) is 11.7. The maximum absolute atomic E-state index is 5.01. The third-order valence-electron chi connectivity index (χ3n) is 0. The smallest absolute Gasteiger partial charge is 1.00 e. The minimum absolute atomic E-state index is 0. The van der Waals surface area contributed by atoms with Crippen molar-refractivity contribution in [1.29, 1.82) is 0 Å². The molecule has 0 radical (unpaired) electrons. The van der Waals surface area contributed by atoms with Crippen molar-refractivity contribution >= 4 is 37.7 Å². The van der Waals surface area contributed by atoms with Crippen LogP contribution in [0.4, 0.5) is 0 Å². The van der Waals surface area contributed by atoms with Gasteiger partial charge in [0.15, 0.2) is 0 Å². The number of rotatable bonds is 0. The molecule has 38 valence electrons. The SMILES string of the molecule is [Cl][Pt]([Cl])([Cl])[Cl].[K+].[K+]. The standard InChI is InChI=1S/4ClH.2K.Pt/h4*1H;;;/q;;;;2*+1;+4/p-4. The Labute approximate surface area is 147 Å². The minimum atomic E-state index is -3.06. The fourth-order valence-electron chi connectivity index (χ4n) is 0. The topological polar surface area (TPSA) is 0 Å². The van der Waals surface area contributed by atoms with Gasteiger partial charge in [0.1, 0.15) is 0 Å². The van der Waals surface area contributed by atoms with Crippen molar-refractivity contribution in [2.75, 3.05) is 0 Å². The van der Waals surface area contributed by atoms with Crippen LogP contribution >= 0.6 is 37.7 Å². The predicted octanol–water partition coefficient (Wildman–Crippen LogP) is -3.24. The third-order valence-corrected chi connectivity index (χ3v) is 0. The van der Waals surface area contributed by atoms with Gasteiger partial charge in [0.2, 0.25) is 0 Å². The van der Waals surface area contributed by atoms with Crippen LogP contribution in [0.5, 0.6) is 0 Å². The second-order valence-corrected chi connectivity index (χ2v) is 20.0. The molecule has 0 aliphatic heterocycles. The Hall–Kier alpha value is 5.12. The van der Waals surface area contributed by atoms with E-state index in [1.165, 1.54) is 0 Å². The van der Waals surface area contributed by atoms with Crippen LogP contribution in [-0.2, 0) is 11.9 Å². The first kappa shape index (κ1) is 18.0. The molecule has 0 aliphatic rings. The Kier molecular flexibility index (Phi) is 23.7. The summed E-state index contributed by atoms with van der Waals surface area (Å²) in [4.78, 5) is 0. The molecule has 0 saturated carbocycles. The summed E-state index contributed by atoms with van der Waals surface area (Å²) in [5.74, 6) is 0. The normalized spacial score (nSPS) is 10.9. The van der Waals surface area contributed by atoms with Crippen molar-refractivity contribution in [1.82, 2.24) is 0 Å². The van der Waals surface area contributed by atoms with Gasteiger partial charge in [-0.05, 0) is 0 Å². The van der Waals surface area contributed by atoms with E-state index in [1.807, 2.05) is 0 Å². The molecule has 0 heterocycles. The van der Waals surface area contributed by atoms with Gasteiger partial charge in [-0.1, -0.05) is 0 Å². The molecule has 0 aromatic heterocycles. The van der Waals surface area contributed by atoms with E-state index in [2.05, 4.69) is 0 Å². The van der Waals surface area contributed by atoms with Crippen LogP contribution in [0.15, 0.2) is 0 Å². The van der Waals surface area contributed by atoms with Crippen LogP contribution in [0.1, 0.15) is 0 Å². The molecule has 0 aromatic rings. The van der Waals surface area contributed by atoms with E-state index in [0.29, 0.717) is 0 Å². The van der Waals surface area contributed by atoms with Gasteiger partial charge in [-0.3, -0.25) is 0 Å². The van der Waals surface area contributed by atoms with Crippen molar-refractivity contribution in [3.8, 4) is 0 Å². The van der Waals surface area contributed by atoms with Gasteiger partial charge in [0, 0.05) is 0 Å². The van der Waals surface area contributed by atoms with Gasteiger partial charge in [-0.25, -0.2) is 0 Å². The van der Waals surface area contributed by atoms with Gasteiger partial charge in [-0.15, -0.1) is 0 Å². The Morgan fingerprint density at radius 2 is 0.714 bits per heavy atom. The first-order valence-electron chi connectivity index (χ1n) is 0.478. The van der Waals surface area contributed by atoms with Gasteiger partial charge in [0.05, 0.1) is 0 Å². The molecule has 0 unspecified atom stereocenters. The van der Waals surface area contributed by atoms with Crippen molar-refractivity contribution in [2.45, 2.75) is 0 Å². The summed E-state index contributed by atoms with van der Waals surface area (Å²) in [5, 5.41) is 0. The molecule has 0 fully saturated rings. The summed E-state index contributed by atoms with van der Waals surface area (Å²) >= 11 is -3.06. The molecule has 0 aliphatic carbocycles. The van der Waals surface area contributed by atoms with Gasteiger partial charge < -0.3 is 0 Å². The molecule has 7 heavy (non-hydrogen) atoms. The maximum atomic E-state index is 5.01. The van der Waals surface area contributed by atoms with Crippen molar-refractivity contribution in [3.63, 3.8) is 0 Å². The number of hydrogen-bond donors (Lipinski definition) is 0. The van der Waals surface area contributed by atoms with Crippen molar-refractivity contribution < 1.29 is 115 Å². The second-order valence-electron chi connectivity index (χ2n) is 0.271. The van der Waals surface area contributed by atoms with E-state index in [9.17, 15) is 0 Å². The molecular weight excluding hydrogens is 415 g/mol. The summed E-state index contributed by atoms with van der Waals surface area (Å²) in [6.45, 7) is 0. The minimum Gasteiger partial charge on any atom is 1.00 e. The van der Waals surface area contributed by atoms with Crippen molar-refractivity contribution in [3.05, 3.63) is 0 Å². The molecule has 0 spiro atoms. The molecule has 0 atom stereocenters. The van der Waals surface area contributed by atoms with Crippen LogP contribution in [-0.4, -0.2) is 0 Å².